The second-order valence-electron chi connectivity index (χ2n) is 6.01. The zero-order chi connectivity index (χ0) is 19.4. The van der Waals surface area contributed by atoms with E-state index in [4.69, 9.17) is 4.74 Å². The van der Waals surface area contributed by atoms with E-state index < -0.39 is 17.9 Å². The summed E-state index contributed by atoms with van der Waals surface area (Å²) in [5.74, 6) is -1.61. The van der Waals surface area contributed by atoms with Crippen molar-refractivity contribution >= 4 is 23.6 Å². The van der Waals surface area contributed by atoms with E-state index in [0.29, 0.717) is 22.4 Å². The summed E-state index contributed by atoms with van der Waals surface area (Å²) < 4.78 is 18.0. The van der Waals surface area contributed by atoms with Gasteiger partial charge in [0.15, 0.2) is 11.9 Å². The van der Waals surface area contributed by atoms with Crippen LogP contribution in [0.25, 0.3) is 6.08 Å². The standard InChI is InChI=1S/C20H20FNO4/c1-11-18(13(3)23)12(2)22-19(11)20(25)14(4)26-17(24)10-7-15-5-8-16(21)9-6-15/h5-10,14,22H,1-4H3/b10-7+/t14-/m1/s1. The average molecular weight is 357 g/mol. The molecule has 0 aliphatic carbocycles. The predicted molar refractivity (Wildman–Crippen MR) is 95.6 cm³/mol. The number of Topliss-reactive ketones (excluding diaryl/α,β-unsaturated/α-hetero) is 2. The number of esters is 1. The third-order valence-electron chi connectivity index (χ3n) is 3.98. The number of benzene rings is 1. The number of carbonyl (C=O) groups is 3. The third kappa shape index (κ3) is 4.33. The van der Waals surface area contributed by atoms with E-state index in [2.05, 4.69) is 4.98 Å². The van der Waals surface area contributed by atoms with Crippen LogP contribution in [0.2, 0.25) is 0 Å². The van der Waals surface area contributed by atoms with Crippen molar-refractivity contribution in [2.24, 2.45) is 0 Å². The lowest BCUT2D eigenvalue weighted by molar-refractivity contribution is -0.140. The van der Waals surface area contributed by atoms with Crippen LogP contribution in [0.4, 0.5) is 4.39 Å². The Morgan fingerprint density at radius 1 is 1.15 bits per heavy atom. The van der Waals surface area contributed by atoms with Crippen LogP contribution in [0, 0.1) is 19.7 Å². The average Bonchev–Trinajstić information content (AvgIpc) is 2.88. The lowest BCUT2D eigenvalue weighted by Gasteiger charge is -2.10. The first-order valence-corrected chi connectivity index (χ1v) is 8.09. The van der Waals surface area contributed by atoms with Crippen LogP contribution in [-0.2, 0) is 9.53 Å². The van der Waals surface area contributed by atoms with Gasteiger partial charge >= 0.3 is 5.97 Å². The van der Waals surface area contributed by atoms with E-state index >= 15 is 0 Å². The maximum absolute atomic E-state index is 12.8. The number of carbonyl (C=O) groups excluding carboxylic acids is 3. The van der Waals surface area contributed by atoms with Crippen molar-refractivity contribution in [3.63, 3.8) is 0 Å². The van der Waals surface area contributed by atoms with Crippen molar-refractivity contribution in [3.8, 4) is 0 Å². The SMILES string of the molecule is CC(=O)c1c(C)[nH]c(C(=O)[C@@H](C)OC(=O)/C=C/c2ccc(F)cc2)c1C. The number of aromatic nitrogens is 1. The molecule has 0 aliphatic rings. The van der Waals surface area contributed by atoms with E-state index in [1.54, 1.807) is 13.8 Å². The van der Waals surface area contributed by atoms with Gasteiger partial charge in [0.25, 0.3) is 0 Å². The maximum Gasteiger partial charge on any atom is 0.331 e. The number of hydrogen-bond donors (Lipinski definition) is 1. The maximum atomic E-state index is 12.8. The molecule has 1 aromatic carbocycles. The Morgan fingerprint density at radius 3 is 2.31 bits per heavy atom. The summed E-state index contributed by atoms with van der Waals surface area (Å²) in [6, 6.07) is 5.59. The highest BCUT2D eigenvalue weighted by Crippen LogP contribution is 2.20. The fraction of sp³-hybridized carbons (Fsp3) is 0.250. The Labute approximate surface area is 150 Å². The Hall–Kier alpha value is -3.02. The molecule has 0 aliphatic heterocycles. The quantitative estimate of drug-likeness (QED) is 0.485. The van der Waals surface area contributed by atoms with Gasteiger partial charge in [-0.15, -0.1) is 0 Å². The molecule has 0 saturated heterocycles. The van der Waals surface area contributed by atoms with Crippen molar-refractivity contribution in [2.75, 3.05) is 0 Å². The van der Waals surface area contributed by atoms with E-state index in [1.807, 2.05) is 0 Å². The first-order chi connectivity index (χ1) is 12.2. The van der Waals surface area contributed by atoms with Crippen LogP contribution in [0.1, 0.15) is 51.5 Å². The summed E-state index contributed by atoms with van der Waals surface area (Å²) in [5, 5.41) is 0. The molecule has 1 heterocycles. The number of aryl methyl sites for hydroxylation is 1. The molecule has 2 rings (SSSR count). The minimum absolute atomic E-state index is 0.137. The first kappa shape index (κ1) is 19.3. The lowest BCUT2D eigenvalue weighted by atomic mass is 10.0. The largest absolute Gasteiger partial charge is 0.451 e. The van der Waals surface area contributed by atoms with Crippen molar-refractivity contribution in [2.45, 2.75) is 33.8 Å². The molecule has 0 fully saturated rings. The molecule has 136 valence electrons. The highest BCUT2D eigenvalue weighted by Gasteiger charge is 2.25. The van der Waals surface area contributed by atoms with Crippen molar-refractivity contribution in [3.05, 3.63) is 64.2 Å². The fourth-order valence-corrected chi connectivity index (χ4v) is 2.73. The highest BCUT2D eigenvalue weighted by atomic mass is 19.1. The molecular formula is C20H20FNO4. The monoisotopic (exact) mass is 357 g/mol. The van der Waals surface area contributed by atoms with Crippen LogP contribution < -0.4 is 0 Å². The van der Waals surface area contributed by atoms with Crippen LogP contribution in [-0.4, -0.2) is 28.6 Å². The minimum Gasteiger partial charge on any atom is -0.451 e. The van der Waals surface area contributed by atoms with Crippen LogP contribution in [0.3, 0.4) is 0 Å². The molecule has 2 aromatic rings. The number of nitrogens with one attached hydrogen (secondary N) is 1. The van der Waals surface area contributed by atoms with Crippen molar-refractivity contribution in [1.29, 1.82) is 0 Å². The number of halogens is 1. The van der Waals surface area contributed by atoms with E-state index in [9.17, 15) is 18.8 Å². The highest BCUT2D eigenvalue weighted by molar-refractivity contribution is 6.05. The van der Waals surface area contributed by atoms with E-state index in [-0.39, 0.29) is 17.3 Å². The molecule has 0 spiro atoms. The van der Waals surface area contributed by atoms with Crippen molar-refractivity contribution < 1.29 is 23.5 Å². The molecule has 1 N–H and O–H groups in total. The Balaban J connectivity index is 2.07. The molecule has 6 heteroatoms. The number of hydrogen-bond acceptors (Lipinski definition) is 4. The number of ketones is 2. The normalized spacial score (nSPS) is 12.2. The molecular weight excluding hydrogens is 337 g/mol. The summed E-state index contributed by atoms with van der Waals surface area (Å²) in [6.07, 6.45) is 1.62. The second kappa shape index (κ2) is 7.91. The molecule has 1 atom stereocenters. The molecule has 0 amide bonds. The van der Waals surface area contributed by atoms with E-state index in [0.717, 1.165) is 0 Å². The lowest BCUT2D eigenvalue weighted by Crippen LogP contribution is -2.24. The number of ether oxygens (including phenoxy) is 1. The second-order valence-corrected chi connectivity index (χ2v) is 6.01. The zero-order valence-corrected chi connectivity index (χ0v) is 15.1. The topological polar surface area (TPSA) is 76.2 Å². The zero-order valence-electron chi connectivity index (χ0n) is 15.1. The molecule has 0 unspecified atom stereocenters. The minimum atomic E-state index is -1.02. The number of H-pyrrole nitrogens is 1. The van der Waals surface area contributed by atoms with Gasteiger partial charge in [-0.1, -0.05) is 12.1 Å². The van der Waals surface area contributed by atoms with Gasteiger partial charge < -0.3 is 9.72 Å². The van der Waals surface area contributed by atoms with Crippen LogP contribution in [0.5, 0.6) is 0 Å². The van der Waals surface area contributed by atoms with Crippen molar-refractivity contribution in [1.82, 2.24) is 4.98 Å². The summed E-state index contributed by atoms with van der Waals surface area (Å²) >= 11 is 0. The fourth-order valence-electron chi connectivity index (χ4n) is 2.73. The van der Waals surface area contributed by atoms with Crippen LogP contribution in [0.15, 0.2) is 30.3 Å². The van der Waals surface area contributed by atoms with Gasteiger partial charge in [-0.25, -0.2) is 9.18 Å². The Bertz CT molecular complexity index is 878. The van der Waals surface area contributed by atoms with Gasteiger partial charge in [-0.3, -0.25) is 9.59 Å². The summed E-state index contributed by atoms with van der Waals surface area (Å²) in [6.45, 7) is 6.29. The first-order valence-electron chi connectivity index (χ1n) is 8.09. The Morgan fingerprint density at radius 2 is 1.77 bits per heavy atom. The molecule has 1 aromatic heterocycles. The van der Waals surface area contributed by atoms with Gasteiger partial charge in [-0.05, 0) is 57.0 Å². The van der Waals surface area contributed by atoms with Gasteiger partial charge in [0.05, 0.1) is 5.69 Å². The van der Waals surface area contributed by atoms with Crippen LogP contribution >= 0.6 is 0 Å². The van der Waals surface area contributed by atoms with Gasteiger partial charge in [0.1, 0.15) is 5.82 Å². The number of aromatic amines is 1. The molecule has 26 heavy (non-hydrogen) atoms. The summed E-state index contributed by atoms with van der Waals surface area (Å²) in [5.41, 5.74) is 2.51. The smallest absolute Gasteiger partial charge is 0.331 e. The van der Waals surface area contributed by atoms with Gasteiger partial charge in [0, 0.05) is 17.3 Å². The molecule has 5 nitrogen and oxygen atoms in total. The Kier molecular flexibility index (Phi) is 5.87. The summed E-state index contributed by atoms with van der Waals surface area (Å²) in [7, 11) is 0. The molecule has 0 radical (unpaired) electrons. The number of rotatable bonds is 6. The molecule has 0 saturated carbocycles. The van der Waals surface area contributed by atoms with Gasteiger partial charge in [-0.2, -0.15) is 0 Å². The predicted octanol–water partition coefficient (Wildman–Crippen LogP) is 3.80. The van der Waals surface area contributed by atoms with E-state index in [1.165, 1.54) is 50.3 Å². The van der Waals surface area contributed by atoms with Gasteiger partial charge in [0.2, 0.25) is 5.78 Å². The molecule has 0 bridgehead atoms. The summed E-state index contributed by atoms with van der Waals surface area (Å²) in [4.78, 5) is 39.0. The third-order valence-corrected chi connectivity index (χ3v) is 3.98.